The number of carbonyl (C=O) groups excluding carboxylic acids is 1. The largest absolute Gasteiger partial charge is 0.493 e. The van der Waals surface area contributed by atoms with E-state index in [2.05, 4.69) is 13.8 Å². The van der Waals surface area contributed by atoms with Crippen LogP contribution in [0.25, 0.3) is 0 Å². The Morgan fingerprint density at radius 2 is 2.00 bits per heavy atom. The van der Waals surface area contributed by atoms with Gasteiger partial charge in [0.2, 0.25) is 0 Å². The van der Waals surface area contributed by atoms with Gasteiger partial charge in [0.25, 0.3) is 0 Å². The topological polar surface area (TPSA) is 61.5 Å². The lowest BCUT2D eigenvalue weighted by molar-refractivity contribution is -0.132. The Kier molecular flexibility index (Phi) is 7.49. The van der Waals surface area contributed by atoms with Crippen molar-refractivity contribution < 1.29 is 14.3 Å². The maximum absolute atomic E-state index is 11.0. The number of carbonyl (C=O) groups is 1. The van der Waals surface area contributed by atoms with Crippen molar-refractivity contribution in [2.75, 3.05) is 7.11 Å². The molecule has 0 saturated carbocycles. The second-order valence-electron chi connectivity index (χ2n) is 4.42. The van der Waals surface area contributed by atoms with Gasteiger partial charge in [-0.05, 0) is 23.6 Å². The van der Waals surface area contributed by atoms with E-state index in [9.17, 15) is 4.79 Å². The number of methoxy groups -OCH3 is 1. The van der Waals surface area contributed by atoms with Crippen molar-refractivity contribution in [1.29, 1.82) is 0 Å². The highest BCUT2D eigenvalue weighted by Gasteiger charge is 2.16. The maximum atomic E-state index is 11.0. The van der Waals surface area contributed by atoms with E-state index < -0.39 is 0 Å². The molecule has 0 spiro atoms. The number of nitrogens with two attached hydrogens (primary N) is 1. The first-order chi connectivity index (χ1) is 8.49. The van der Waals surface area contributed by atoms with Gasteiger partial charge in [-0.3, -0.25) is 4.79 Å². The summed E-state index contributed by atoms with van der Waals surface area (Å²) in [5.74, 6) is 0.966. The highest BCUT2D eigenvalue weighted by Crippen LogP contribution is 2.32. The van der Waals surface area contributed by atoms with Crippen LogP contribution in [0.1, 0.15) is 38.8 Å². The number of esters is 1. The minimum absolute atomic E-state index is 0. The summed E-state index contributed by atoms with van der Waals surface area (Å²) in [5, 5.41) is 0. The molecule has 2 N–H and O–H groups in total. The molecule has 1 rings (SSSR count). The standard InChI is InChI=1S/C14H21NO3.ClH/c1-5-9(2)14(15)11-6-7-12(18-10(3)16)13(8-11)17-4;/h6-9,14H,5,15H2,1-4H3;1H/t9?,14-;/m1./s1. The molecular formula is C14H22ClNO3. The number of benzene rings is 1. The molecule has 0 heterocycles. The predicted octanol–water partition coefficient (Wildman–Crippen LogP) is 3.09. The quantitative estimate of drug-likeness (QED) is 0.668. The molecule has 0 aliphatic rings. The Bertz CT molecular complexity index is 423. The zero-order chi connectivity index (χ0) is 13.7. The summed E-state index contributed by atoms with van der Waals surface area (Å²) in [6, 6.07) is 5.38. The predicted molar refractivity (Wildman–Crippen MR) is 77.9 cm³/mol. The van der Waals surface area contributed by atoms with Gasteiger partial charge in [-0.15, -0.1) is 12.4 Å². The van der Waals surface area contributed by atoms with Crippen molar-refractivity contribution in [2.24, 2.45) is 11.7 Å². The molecule has 1 aromatic rings. The zero-order valence-corrected chi connectivity index (χ0v) is 12.6. The van der Waals surface area contributed by atoms with Crippen LogP contribution in [0.3, 0.4) is 0 Å². The van der Waals surface area contributed by atoms with Crippen LogP contribution in [0.5, 0.6) is 11.5 Å². The fourth-order valence-electron chi connectivity index (χ4n) is 1.71. The fourth-order valence-corrected chi connectivity index (χ4v) is 1.71. The minimum Gasteiger partial charge on any atom is -0.493 e. The van der Waals surface area contributed by atoms with Crippen molar-refractivity contribution in [3.05, 3.63) is 23.8 Å². The summed E-state index contributed by atoms with van der Waals surface area (Å²) in [5.41, 5.74) is 7.14. The van der Waals surface area contributed by atoms with Gasteiger partial charge in [0, 0.05) is 13.0 Å². The van der Waals surface area contributed by atoms with E-state index in [0.717, 1.165) is 12.0 Å². The molecule has 0 saturated heterocycles. The lowest BCUT2D eigenvalue weighted by Crippen LogP contribution is -2.18. The zero-order valence-electron chi connectivity index (χ0n) is 11.8. The third-order valence-electron chi connectivity index (χ3n) is 3.08. The SMILES string of the molecule is CCC(C)[C@@H](N)c1ccc(OC(C)=O)c(OC)c1.Cl. The number of hydrogen-bond acceptors (Lipinski definition) is 4. The molecule has 108 valence electrons. The maximum Gasteiger partial charge on any atom is 0.308 e. The van der Waals surface area contributed by atoms with E-state index in [0.29, 0.717) is 17.4 Å². The summed E-state index contributed by atoms with van der Waals surface area (Å²) in [7, 11) is 1.54. The van der Waals surface area contributed by atoms with Gasteiger partial charge >= 0.3 is 5.97 Å². The molecule has 2 atom stereocenters. The monoisotopic (exact) mass is 287 g/mol. The van der Waals surface area contributed by atoms with E-state index in [-0.39, 0.29) is 24.4 Å². The highest BCUT2D eigenvalue weighted by molar-refractivity contribution is 5.85. The third kappa shape index (κ3) is 4.73. The normalized spacial score (nSPS) is 13.1. The summed E-state index contributed by atoms with van der Waals surface area (Å²) >= 11 is 0. The number of halogens is 1. The van der Waals surface area contributed by atoms with Crippen LogP contribution >= 0.6 is 12.4 Å². The average Bonchev–Trinajstić information content (AvgIpc) is 2.36. The first-order valence-electron chi connectivity index (χ1n) is 6.11. The summed E-state index contributed by atoms with van der Waals surface area (Å²) < 4.78 is 10.3. The summed E-state index contributed by atoms with van der Waals surface area (Å²) in [6.07, 6.45) is 1.01. The van der Waals surface area contributed by atoms with Crippen molar-refractivity contribution in [2.45, 2.75) is 33.2 Å². The van der Waals surface area contributed by atoms with E-state index in [1.807, 2.05) is 12.1 Å². The molecule has 0 radical (unpaired) electrons. The van der Waals surface area contributed by atoms with E-state index in [1.165, 1.54) is 6.92 Å². The van der Waals surface area contributed by atoms with Gasteiger partial charge in [0.15, 0.2) is 11.5 Å². The molecule has 0 fully saturated rings. The molecule has 0 aromatic heterocycles. The lowest BCUT2D eigenvalue weighted by atomic mass is 9.93. The minimum atomic E-state index is -0.368. The molecule has 19 heavy (non-hydrogen) atoms. The highest BCUT2D eigenvalue weighted by atomic mass is 35.5. The van der Waals surface area contributed by atoms with Crippen LogP contribution in [-0.4, -0.2) is 13.1 Å². The molecule has 0 aliphatic heterocycles. The van der Waals surface area contributed by atoms with Crippen LogP contribution in [0.2, 0.25) is 0 Å². The van der Waals surface area contributed by atoms with Crippen LogP contribution in [-0.2, 0) is 4.79 Å². The first kappa shape index (κ1) is 17.7. The summed E-state index contributed by atoms with van der Waals surface area (Å²) in [4.78, 5) is 11.0. The molecule has 0 aliphatic carbocycles. The average molecular weight is 288 g/mol. The Labute approximate surface area is 120 Å². The lowest BCUT2D eigenvalue weighted by Gasteiger charge is -2.20. The van der Waals surface area contributed by atoms with Crippen molar-refractivity contribution in [1.82, 2.24) is 0 Å². The van der Waals surface area contributed by atoms with E-state index >= 15 is 0 Å². The number of ether oxygens (including phenoxy) is 2. The van der Waals surface area contributed by atoms with Gasteiger partial charge in [-0.2, -0.15) is 0 Å². The van der Waals surface area contributed by atoms with Gasteiger partial charge in [-0.1, -0.05) is 26.3 Å². The number of rotatable bonds is 5. The van der Waals surface area contributed by atoms with Crippen LogP contribution < -0.4 is 15.2 Å². The smallest absolute Gasteiger partial charge is 0.308 e. The van der Waals surface area contributed by atoms with Crippen molar-refractivity contribution >= 4 is 18.4 Å². The second-order valence-corrected chi connectivity index (χ2v) is 4.42. The van der Waals surface area contributed by atoms with Crippen LogP contribution in [0, 0.1) is 5.92 Å². The van der Waals surface area contributed by atoms with Crippen LogP contribution in [0.4, 0.5) is 0 Å². The van der Waals surface area contributed by atoms with Crippen LogP contribution in [0.15, 0.2) is 18.2 Å². The number of hydrogen-bond donors (Lipinski definition) is 1. The van der Waals surface area contributed by atoms with Gasteiger partial charge < -0.3 is 15.2 Å². The van der Waals surface area contributed by atoms with E-state index in [4.69, 9.17) is 15.2 Å². The molecule has 0 amide bonds. The molecular weight excluding hydrogens is 266 g/mol. The fraction of sp³-hybridized carbons (Fsp3) is 0.500. The van der Waals surface area contributed by atoms with Gasteiger partial charge in [-0.25, -0.2) is 0 Å². The van der Waals surface area contributed by atoms with Gasteiger partial charge in [0.05, 0.1) is 7.11 Å². The molecule has 0 bridgehead atoms. The molecule has 5 heteroatoms. The van der Waals surface area contributed by atoms with Gasteiger partial charge in [0.1, 0.15) is 0 Å². The molecule has 4 nitrogen and oxygen atoms in total. The van der Waals surface area contributed by atoms with E-state index in [1.54, 1.807) is 13.2 Å². The second kappa shape index (κ2) is 8.02. The summed E-state index contributed by atoms with van der Waals surface area (Å²) in [6.45, 7) is 5.57. The van der Waals surface area contributed by atoms with Crippen molar-refractivity contribution in [3.8, 4) is 11.5 Å². The van der Waals surface area contributed by atoms with Crippen molar-refractivity contribution in [3.63, 3.8) is 0 Å². The Morgan fingerprint density at radius 3 is 2.47 bits per heavy atom. The Morgan fingerprint density at radius 1 is 1.37 bits per heavy atom. The first-order valence-corrected chi connectivity index (χ1v) is 6.11. The molecule has 1 unspecified atom stereocenters. The Balaban J connectivity index is 0.00000324. The Hall–Kier alpha value is -1.26. The third-order valence-corrected chi connectivity index (χ3v) is 3.08. The molecule has 1 aromatic carbocycles.